The van der Waals surface area contributed by atoms with Gasteiger partial charge in [0.15, 0.2) is 0 Å². The molecule has 0 aliphatic carbocycles. The number of nitrogens with zero attached hydrogens (tertiary/aromatic N) is 2. The molecule has 0 saturated carbocycles. The fraction of sp³-hybridized carbons (Fsp3) is 0.348. The Labute approximate surface area is 185 Å². The quantitative estimate of drug-likeness (QED) is 0.720. The molecule has 7 nitrogen and oxygen atoms in total. The number of piperidine rings is 1. The van der Waals surface area contributed by atoms with Crippen LogP contribution in [0.15, 0.2) is 48.5 Å². The molecule has 8 heteroatoms. The second-order valence-electron chi connectivity index (χ2n) is 7.79. The highest BCUT2D eigenvalue weighted by Crippen LogP contribution is 2.31. The van der Waals surface area contributed by atoms with E-state index in [4.69, 9.17) is 16.3 Å². The number of ether oxygens (including phenoxy) is 1. The van der Waals surface area contributed by atoms with Gasteiger partial charge in [0.2, 0.25) is 0 Å². The molecular formula is C23H24ClN3O4. The molecule has 0 radical (unpaired) electrons. The molecule has 2 saturated heterocycles. The van der Waals surface area contributed by atoms with Crippen molar-refractivity contribution in [2.24, 2.45) is 0 Å². The molecule has 162 valence electrons. The molecule has 0 unspecified atom stereocenters. The molecule has 4 rings (SSSR count). The van der Waals surface area contributed by atoms with Crippen molar-refractivity contribution in [3.63, 3.8) is 0 Å². The number of amides is 4. The van der Waals surface area contributed by atoms with Gasteiger partial charge in [-0.1, -0.05) is 35.9 Å². The van der Waals surface area contributed by atoms with Gasteiger partial charge < -0.3 is 15.0 Å². The molecule has 1 spiro atoms. The van der Waals surface area contributed by atoms with Crippen LogP contribution in [0.4, 0.5) is 4.79 Å². The summed E-state index contributed by atoms with van der Waals surface area (Å²) in [6, 6.07) is 13.7. The van der Waals surface area contributed by atoms with E-state index in [-0.39, 0.29) is 24.9 Å². The first-order valence-electron chi connectivity index (χ1n) is 10.3. The minimum atomic E-state index is -1.10. The van der Waals surface area contributed by atoms with E-state index in [0.717, 1.165) is 5.56 Å². The van der Waals surface area contributed by atoms with Crippen molar-refractivity contribution in [2.75, 3.05) is 19.7 Å². The number of likely N-dealkylation sites (tertiary alicyclic amines) is 1. The standard InChI is InChI=1S/C23H24ClN3O4/c1-2-31-19-7-4-3-6-18(19)20(28)26-13-5-12-23(15-26)21(29)27(22(30)25-23)14-16-8-10-17(24)11-9-16/h3-4,6-11H,2,5,12-15H2,1H3,(H,25,30)/t23-/m1/s1. The number of urea groups is 1. The van der Waals surface area contributed by atoms with Crippen LogP contribution in [-0.2, 0) is 11.3 Å². The third-order valence-electron chi connectivity index (χ3n) is 5.70. The van der Waals surface area contributed by atoms with Crippen molar-refractivity contribution in [1.82, 2.24) is 15.1 Å². The summed E-state index contributed by atoms with van der Waals surface area (Å²) >= 11 is 5.92. The summed E-state index contributed by atoms with van der Waals surface area (Å²) in [6.45, 7) is 3.11. The van der Waals surface area contributed by atoms with E-state index < -0.39 is 11.6 Å². The number of hydrogen-bond acceptors (Lipinski definition) is 4. The Morgan fingerprint density at radius 1 is 1.16 bits per heavy atom. The van der Waals surface area contributed by atoms with Crippen LogP contribution in [0.2, 0.25) is 5.02 Å². The summed E-state index contributed by atoms with van der Waals surface area (Å²) in [7, 11) is 0. The SMILES string of the molecule is CCOc1ccccc1C(=O)N1CCC[C@]2(C1)NC(=O)N(Cc1ccc(Cl)cc1)C2=O. The Morgan fingerprint density at radius 2 is 1.90 bits per heavy atom. The number of benzene rings is 2. The summed E-state index contributed by atoms with van der Waals surface area (Å²) in [6.07, 6.45) is 1.11. The van der Waals surface area contributed by atoms with Gasteiger partial charge in [-0.15, -0.1) is 0 Å². The van der Waals surface area contributed by atoms with Crippen molar-refractivity contribution < 1.29 is 19.1 Å². The molecule has 4 amide bonds. The minimum Gasteiger partial charge on any atom is -0.493 e. The highest BCUT2D eigenvalue weighted by atomic mass is 35.5. The van der Waals surface area contributed by atoms with E-state index in [1.54, 1.807) is 47.4 Å². The van der Waals surface area contributed by atoms with Crippen molar-refractivity contribution in [2.45, 2.75) is 31.8 Å². The van der Waals surface area contributed by atoms with Crippen molar-refractivity contribution in [1.29, 1.82) is 0 Å². The van der Waals surface area contributed by atoms with Gasteiger partial charge in [-0.25, -0.2) is 4.79 Å². The van der Waals surface area contributed by atoms with E-state index in [1.165, 1.54) is 4.90 Å². The Morgan fingerprint density at radius 3 is 2.65 bits per heavy atom. The number of halogens is 1. The minimum absolute atomic E-state index is 0.133. The summed E-state index contributed by atoms with van der Waals surface area (Å²) < 4.78 is 5.59. The third kappa shape index (κ3) is 4.10. The zero-order chi connectivity index (χ0) is 22.0. The molecule has 1 atom stereocenters. The molecule has 2 aliphatic heterocycles. The van der Waals surface area contributed by atoms with E-state index in [2.05, 4.69) is 5.32 Å². The Kier molecular flexibility index (Phi) is 5.87. The average molecular weight is 442 g/mol. The number of rotatable bonds is 5. The second kappa shape index (κ2) is 8.59. The van der Waals surface area contributed by atoms with Gasteiger partial charge >= 0.3 is 6.03 Å². The van der Waals surface area contributed by atoms with Gasteiger partial charge in [-0.3, -0.25) is 14.5 Å². The summed E-state index contributed by atoms with van der Waals surface area (Å²) in [4.78, 5) is 42.0. The lowest BCUT2D eigenvalue weighted by Crippen LogP contribution is -2.59. The maximum absolute atomic E-state index is 13.3. The van der Waals surface area contributed by atoms with Crippen molar-refractivity contribution in [3.8, 4) is 5.75 Å². The van der Waals surface area contributed by atoms with Crippen LogP contribution in [0.5, 0.6) is 5.75 Å². The predicted octanol–water partition coefficient (Wildman–Crippen LogP) is 3.47. The normalized spacial score (nSPS) is 20.8. The van der Waals surface area contributed by atoms with Crippen LogP contribution in [0.3, 0.4) is 0 Å². The molecule has 2 aromatic carbocycles. The molecule has 0 bridgehead atoms. The van der Waals surface area contributed by atoms with Crippen LogP contribution < -0.4 is 10.1 Å². The molecule has 2 fully saturated rings. The van der Waals surface area contributed by atoms with E-state index >= 15 is 0 Å². The smallest absolute Gasteiger partial charge is 0.325 e. The zero-order valence-corrected chi connectivity index (χ0v) is 18.0. The Bertz CT molecular complexity index is 1010. The number of para-hydroxylation sites is 1. The largest absolute Gasteiger partial charge is 0.493 e. The van der Waals surface area contributed by atoms with E-state index in [9.17, 15) is 14.4 Å². The van der Waals surface area contributed by atoms with Gasteiger partial charge in [0.05, 0.1) is 25.3 Å². The van der Waals surface area contributed by atoms with Gasteiger partial charge in [0, 0.05) is 11.6 Å². The van der Waals surface area contributed by atoms with E-state index in [1.807, 2.05) is 13.0 Å². The maximum atomic E-state index is 13.3. The lowest BCUT2D eigenvalue weighted by Gasteiger charge is -2.38. The second-order valence-corrected chi connectivity index (χ2v) is 8.23. The maximum Gasteiger partial charge on any atom is 0.325 e. The summed E-state index contributed by atoms with van der Waals surface area (Å²) in [5.41, 5.74) is 0.161. The van der Waals surface area contributed by atoms with Crippen LogP contribution in [0.1, 0.15) is 35.7 Å². The lowest BCUT2D eigenvalue weighted by molar-refractivity contribution is -0.133. The number of hydrogen-bond donors (Lipinski definition) is 1. The third-order valence-corrected chi connectivity index (χ3v) is 5.95. The Balaban J connectivity index is 1.53. The number of carbonyl (C=O) groups excluding carboxylic acids is 3. The molecular weight excluding hydrogens is 418 g/mol. The summed E-state index contributed by atoms with van der Waals surface area (Å²) in [5.74, 6) is 0.00476. The van der Waals surface area contributed by atoms with Crippen LogP contribution in [0.25, 0.3) is 0 Å². The van der Waals surface area contributed by atoms with E-state index in [0.29, 0.717) is 42.3 Å². The topological polar surface area (TPSA) is 79.0 Å². The Hall–Kier alpha value is -3.06. The molecule has 2 aromatic rings. The van der Waals surface area contributed by atoms with Gasteiger partial charge in [0.25, 0.3) is 11.8 Å². The van der Waals surface area contributed by atoms with Crippen molar-refractivity contribution >= 4 is 29.4 Å². The van der Waals surface area contributed by atoms with Crippen LogP contribution in [0, 0.1) is 0 Å². The van der Waals surface area contributed by atoms with Gasteiger partial charge in [-0.2, -0.15) is 0 Å². The van der Waals surface area contributed by atoms with Crippen LogP contribution in [-0.4, -0.2) is 52.9 Å². The highest BCUT2D eigenvalue weighted by molar-refractivity contribution is 6.30. The first-order valence-corrected chi connectivity index (χ1v) is 10.7. The van der Waals surface area contributed by atoms with Gasteiger partial charge in [-0.05, 0) is 49.6 Å². The fourth-order valence-electron chi connectivity index (χ4n) is 4.19. The van der Waals surface area contributed by atoms with Crippen LogP contribution >= 0.6 is 11.6 Å². The lowest BCUT2D eigenvalue weighted by atomic mass is 9.88. The molecule has 31 heavy (non-hydrogen) atoms. The van der Waals surface area contributed by atoms with Gasteiger partial charge in [0.1, 0.15) is 11.3 Å². The predicted molar refractivity (Wildman–Crippen MR) is 116 cm³/mol. The zero-order valence-electron chi connectivity index (χ0n) is 17.3. The average Bonchev–Trinajstić information content (AvgIpc) is 2.99. The monoisotopic (exact) mass is 441 g/mol. The highest BCUT2D eigenvalue weighted by Gasteiger charge is 2.53. The fourth-order valence-corrected chi connectivity index (χ4v) is 4.32. The number of nitrogens with one attached hydrogen (secondary N) is 1. The first kappa shape index (κ1) is 21.2. The summed E-state index contributed by atoms with van der Waals surface area (Å²) in [5, 5.41) is 3.45. The number of carbonyl (C=O) groups is 3. The molecule has 0 aromatic heterocycles. The van der Waals surface area contributed by atoms with Crippen molar-refractivity contribution in [3.05, 3.63) is 64.7 Å². The molecule has 1 N–H and O–H groups in total. The first-order chi connectivity index (χ1) is 14.9. The molecule has 2 aliphatic rings. The number of imide groups is 1. The molecule has 2 heterocycles.